The Bertz CT molecular complexity index is 601. The Morgan fingerprint density at radius 1 is 1.31 bits per heavy atom. The Balaban J connectivity index is 0.00000338. The lowest BCUT2D eigenvalue weighted by molar-refractivity contribution is 0.0915. The van der Waals surface area contributed by atoms with E-state index in [9.17, 15) is 4.79 Å². The molecule has 1 aromatic carbocycles. The standard InChI is InChI=1S/C20H30N2O3.ClH/c1-4-8-15-11-16(12-18(24-2)19(15)25-3)20(23)22-17(13-21)14-9-6-5-7-10-14;/h4,11-12,14,17H,1,5-10,13,21H2,2-3H3,(H,22,23);1H. The quantitative estimate of drug-likeness (QED) is 0.675. The van der Waals surface area contributed by atoms with Gasteiger partial charge in [-0.25, -0.2) is 0 Å². The molecule has 6 heteroatoms. The maximum atomic E-state index is 12.8. The van der Waals surface area contributed by atoms with Crippen LogP contribution in [0.3, 0.4) is 0 Å². The number of allylic oxidation sites excluding steroid dienone is 1. The molecule has 1 unspecified atom stereocenters. The summed E-state index contributed by atoms with van der Waals surface area (Å²) < 4.78 is 10.8. The molecule has 0 aliphatic heterocycles. The van der Waals surface area contributed by atoms with E-state index < -0.39 is 0 Å². The number of ether oxygens (including phenoxy) is 2. The van der Waals surface area contributed by atoms with Gasteiger partial charge in [-0.3, -0.25) is 4.79 Å². The summed E-state index contributed by atoms with van der Waals surface area (Å²) in [4.78, 5) is 12.8. The molecular formula is C20H31ClN2O3. The molecule has 0 bridgehead atoms. The SMILES string of the molecule is C=CCc1cc(C(=O)NC(CN)C2CCCCC2)cc(OC)c1OC.Cl. The van der Waals surface area contributed by atoms with Gasteiger partial charge in [0.05, 0.1) is 14.2 Å². The van der Waals surface area contributed by atoms with Crippen molar-refractivity contribution in [2.24, 2.45) is 11.7 Å². The van der Waals surface area contributed by atoms with Crippen LogP contribution in [0.15, 0.2) is 24.8 Å². The zero-order chi connectivity index (χ0) is 18.2. The second-order valence-electron chi connectivity index (χ2n) is 6.58. The van der Waals surface area contributed by atoms with E-state index in [2.05, 4.69) is 11.9 Å². The third kappa shape index (κ3) is 5.39. The number of rotatable bonds is 8. The summed E-state index contributed by atoms with van der Waals surface area (Å²) in [7, 11) is 3.17. The zero-order valence-electron chi connectivity index (χ0n) is 15.8. The van der Waals surface area contributed by atoms with E-state index >= 15 is 0 Å². The fourth-order valence-corrected chi connectivity index (χ4v) is 3.64. The molecule has 3 N–H and O–H groups in total. The molecule has 1 aromatic rings. The second-order valence-corrected chi connectivity index (χ2v) is 6.58. The van der Waals surface area contributed by atoms with E-state index in [1.165, 1.54) is 19.3 Å². The van der Waals surface area contributed by atoms with Gasteiger partial charge in [-0.2, -0.15) is 0 Å². The van der Waals surface area contributed by atoms with E-state index in [1.54, 1.807) is 26.4 Å². The third-order valence-corrected chi connectivity index (χ3v) is 4.97. The maximum absolute atomic E-state index is 12.8. The van der Waals surface area contributed by atoms with Gasteiger partial charge in [0.1, 0.15) is 0 Å². The fourth-order valence-electron chi connectivity index (χ4n) is 3.64. The molecule has 146 valence electrons. The molecule has 0 aromatic heterocycles. The van der Waals surface area contributed by atoms with Crippen molar-refractivity contribution in [1.82, 2.24) is 5.32 Å². The van der Waals surface area contributed by atoms with Crippen LogP contribution in [0.5, 0.6) is 11.5 Å². The zero-order valence-corrected chi connectivity index (χ0v) is 16.6. The molecule has 1 atom stereocenters. The lowest BCUT2D eigenvalue weighted by atomic mass is 9.84. The van der Waals surface area contributed by atoms with Crippen molar-refractivity contribution < 1.29 is 14.3 Å². The minimum absolute atomic E-state index is 0. The minimum atomic E-state index is -0.118. The number of carbonyl (C=O) groups excluding carboxylic acids is 1. The van der Waals surface area contributed by atoms with Crippen LogP contribution in [0.2, 0.25) is 0 Å². The second kappa shape index (κ2) is 11.1. The Labute approximate surface area is 162 Å². The van der Waals surface area contributed by atoms with Crippen LogP contribution >= 0.6 is 12.4 Å². The first-order valence-electron chi connectivity index (χ1n) is 9.01. The van der Waals surface area contributed by atoms with Crippen LogP contribution in [0.25, 0.3) is 0 Å². The average molecular weight is 383 g/mol. The molecule has 1 fully saturated rings. The summed E-state index contributed by atoms with van der Waals surface area (Å²) in [6.45, 7) is 4.23. The third-order valence-electron chi connectivity index (χ3n) is 4.97. The van der Waals surface area contributed by atoms with Crippen LogP contribution in [-0.4, -0.2) is 32.7 Å². The molecule has 5 nitrogen and oxygen atoms in total. The van der Waals surface area contributed by atoms with Gasteiger partial charge >= 0.3 is 0 Å². The van der Waals surface area contributed by atoms with Crippen LogP contribution < -0.4 is 20.5 Å². The molecule has 26 heavy (non-hydrogen) atoms. The minimum Gasteiger partial charge on any atom is -0.493 e. The Morgan fingerprint density at radius 3 is 2.54 bits per heavy atom. The van der Waals surface area contributed by atoms with Crippen molar-refractivity contribution >= 4 is 18.3 Å². The van der Waals surface area contributed by atoms with Gasteiger partial charge in [0.25, 0.3) is 5.91 Å². The van der Waals surface area contributed by atoms with Gasteiger partial charge < -0.3 is 20.5 Å². The predicted octanol–water partition coefficient (Wildman–Crippen LogP) is 3.49. The molecule has 2 rings (SSSR count). The first-order chi connectivity index (χ1) is 12.1. The number of amides is 1. The van der Waals surface area contributed by atoms with E-state index in [0.29, 0.717) is 35.9 Å². The van der Waals surface area contributed by atoms with Gasteiger partial charge in [0.2, 0.25) is 0 Å². The Hall–Kier alpha value is -1.72. The summed E-state index contributed by atoms with van der Waals surface area (Å²) in [6.07, 6.45) is 8.37. The van der Waals surface area contributed by atoms with Gasteiger partial charge in [-0.1, -0.05) is 25.3 Å². The first kappa shape index (κ1) is 22.3. The lowest BCUT2D eigenvalue weighted by Gasteiger charge is -2.30. The highest BCUT2D eigenvalue weighted by Gasteiger charge is 2.25. The lowest BCUT2D eigenvalue weighted by Crippen LogP contribution is -2.45. The molecule has 1 saturated carbocycles. The number of hydrogen-bond donors (Lipinski definition) is 2. The Morgan fingerprint density at radius 2 is 2.00 bits per heavy atom. The number of carbonyl (C=O) groups is 1. The predicted molar refractivity (Wildman–Crippen MR) is 108 cm³/mol. The monoisotopic (exact) mass is 382 g/mol. The number of hydrogen-bond acceptors (Lipinski definition) is 4. The van der Waals surface area contributed by atoms with E-state index in [-0.39, 0.29) is 24.4 Å². The van der Waals surface area contributed by atoms with Gasteiger partial charge in [-0.15, -0.1) is 19.0 Å². The Kier molecular flexibility index (Phi) is 9.52. The van der Waals surface area contributed by atoms with E-state index in [1.807, 2.05) is 6.07 Å². The summed E-state index contributed by atoms with van der Waals surface area (Å²) >= 11 is 0. The van der Waals surface area contributed by atoms with Crippen molar-refractivity contribution in [2.45, 2.75) is 44.6 Å². The summed E-state index contributed by atoms with van der Waals surface area (Å²) in [5, 5.41) is 3.12. The molecular weight excluding hydrogens is 352 g/mol. The van der Waals surface area contributed by atoms with Crippen molar-refractivity contribution in [2.75, 3.05) is 20.8 Å². The van der Waals surface area contributed by atoms with Crippen molar-refractivity contribution in [1.29, 1.82) is 0 Å². The van der Waals surface area contributed by atoms with Gasteiger partial charge in [0, 0.05) is 23.7 Å². The van der Waals surface area contributed by atoms with Crippen molar-refractivity contribution in [3.63, 3.8) is 0 Å². The summed E-state index contributed by atoms with van der Waals surface area (Å²) in [5.74, 6) is 1.54. The van der Waals surface area contributed by atoms with Gasteiger partial charge in [-0.05, 0) is 37.3 Å². The van der Waals surface area contributed by atoms with Crippen LogP contribution in [-0.2, 0) is 6.42 Å². The highest BCUT2D eigenvalue weighted by atomic mass is 35.5. The van der Waals surface area contributed by atoms with Crippen molar-refractivity contribution in [3.8, 4) is 11.5 Å². The van der Waals surface area contributed by atoms with E-state index in [4.69, 9.17) is 15.2 Å². The molecule has 0 spiro atoms. The number of methoxy groups -OCH3 is 2. The number of benzene rings is 1. The first-order valence-corrected chi connectivity index (χ1v) is 9.01. The molecule has 0 saturated heterocycles. The highest BCUT2D eigenvalue weighted by Crippen LogP contribution is 2.33. The number of halogens is 1. The van der Waals surface area contributed by atoms with Crippen molar-refractivity contribution in [3.05, 3.63) is 35.9 Å². The normalized spacial score (nSPS) is 15.5. The smallest absolute Gasteiger partial charge is 0.251 e. The van der Waals surface area contributed by atoms with Crippen LogP contribution in [0.4, 0.5) is 0 Å². The molecule has 0 heterocycles. The fraction of sp³-hybridized carbons (Fsp3) is 0.550. The average Bonchev–Trinajstić information content (AvgIpc) is 2.66. The summed E-state index contributed by atoms with van der Waals surface area (Å²) in [5.41, 5.74) is 7.37. The molecule has 0 radical (unpaired) electrons. The summed E-state index contributed by atoms with van der Waals surface area (Å²) in [6, 6.07) is 3.57. The largest absolute Gasteiger partial charge is 0.493 e. The van der Waals surface area contributed by atoms with E-state index in [0.717, 1.165) is 18.4 Å². The molecule has 1 amide bonds. The molecule has 1 aliphatic rings. The highest BCUT2D eigenvalue weighted by molar-refractivity contribution is 5.95. The van der Waals surface area contributed by atoms with Crippen LogP contribution in [0.1, 0.15) is 48.0 Å². The van der Waals surface area contributed by atoms with Gasteiger partial charge in [0.15, 0.2) is 11.5 Å². The number of nitrogens with two attached hydrogens (primary N) is 1. The van der Waals surface area contributed by atoms with Crippen LogP contribution in [0, 0.1) is 5.92 Å². The maximum Gasteiger partial charge on any atom is 0.251 e. The topological polar surface area (TPSA) is 73.6 Å². The molecule has 1 aliphatic carbocycles. The number of nitrogens with one attached hydrogen (secondary N) is 1.